The number of rotatable bonds is 24. The van der Waals surface area contributed by atoms with Crippen LogP contribution in [0, 0.1) is 12.3 Å². The standard InChI is InChI=1S/C59H72FN9O11S/c1-34-50(81-33-64-34)37-14-16-39(30-63-54(75)45-28-40(70)31-69(45)56(77)51(58(2,3)4)66-57(78)59(60)21-22-59)47(27-37)79-32-49(72)61-23-11-9-7-8-10-12-24-62-52(73)38-15-13-35-18-20-43(42(35)25-38)65-53(74)44-29-48(80-67-44)36-17-19-41(46(71)26-36)55(76)68(5)6/h13-17,19,25-27,29,33,40,43,45,51,70-71H,7-12,18,20-24,28,30-32H2,1-6H3,(H,61,72)(H,62,73)(H,63,75)(H,65,74)(H,66,78)/t40-,43-,45+,51-/m1/s1. The molecule has 2 aliphatic carbocycles. The molecule has 1 saturated carbocycles. The first-order valence-electron chi connectivity index (χ1n) is 27.5. The third-order valence-electron chi connectivity index (χ3n) is 14.9. The molecule has 7 amide bonds. The third kappa shape index (κ3) is 14.8. The second kappa shape index (κ2) is 25.8. The van der Waals surface area contributed by atoms with Gasteiger partial charge in [-0.1, -0.05) is 75.9 Å². The van der Waals surface area contributed by atoms with E-state index >= 15 is 0 Å². The van der Waals surface area contributed by atoms with E-state index in [1.54, 1.807) is 64.6 Å². The summed E-state index contributed by atoms with van der Waals surface area (Å²) >= 11 is 1.46. The van der Waals surface area contributed by atoms with Crippen LogP contribution in [0.2, 0.25) is 0 Å². The number of phenolic OH excluding ortho intramolecular Hbond substituents is 1. The zero-order valence-corrected chi connectivity index (χ0v) is 47.4. The molecule has 7 N–H and O–H groups in total. The van der Waals surface area contributed by atoms with Gasteiger partial charge in [0.05, 0.1) is 33.8 Å². The first kappa shape index (κ1) is 59.4. The van der Waals surface area contributed by atoms with Gasteiger partial charge in [0.25, 0.3) is 29.5 Å². The maximum Gasteiger partial charge on any atom is 0.273 e. The summed E-state index contributed by atoms with van der Waals surface area (Å²) in [5.74, 6) is -2.90. The molecule has 0 radical (unpaired) electrons. The molecule has 2 fully saturated rings. The number of unbranched alkanes of at least 4 members (excludes halogenated alkanes) is 5. The lowest BCUT2D eigenvalue weighted by Crippen LogP contribution is -2.59. The molecular weight excluding hydrogens is 1060 g/mol. The van der Waals surface area contributed by atoms with E-state index in [1.165, 1.54) is 39.3 Å². The van der Waals surface area contributed by atoms with Gasteiger partial charge < -0.3 is 55.9 Å². The number of nitrogens with zero attached hydrogens (tertiary/aromatic N) is 4. The average Bonchev–Trinajstić information content (AvgIpc) is 4.05. The first-order valence-corrected chi connectivity index (χ1v) is 28.4. The third-order valence-corrected chi connectivity index (χ3v) is 15.9. The number of ether oxygens (including phenoxy) is 1. The molecule has 3 heterocycles. The highest BCUT2D eigenvalue weighted by molar-refractivity contribution is 7.13. The molecule has 0 spiro atoms. The minimum absolute atomic E-state index is 0.0216. The van der Waals surface area contributed by atoms with Crippen LogP contribution in [0.15, 0.2) is 70.7 Å². The number of carbonyl (C=O) groups excluding carboxylic acids is 7. The predicted octanol–water partition coefficient (Wildman–Crippen LogP) is 6.47. The number of aliphatic hydroxyl groups excluding tert-OH is 1. The van der Waals surface area contributed by atoms with E-state index in [4.69, 9.17) is 9.26 Å². The second-order valence-electron chi connectivity index (χ2n) is 22.4. The van der Waals surface area contributed by atoms with Gasteiger partial charge in [-0.05, 0) is 97.9 Å². The smallest absolute Gasteiger partial charge is 0.273 e. The van der Waals surface area contributed by atoms with Crippen LogP contribution in [0.25, 0.3) is 21.8 Å². The Bertz CT molecular complexity index is 3150. The molecule has 8 rings (SSSR count). The SMILES string of the molecule is Cc1ncsc1-c1ccc(CNC(=O)[C@@H]2C[C@@H](O)CN2C(=O)[C@@H](NC(=O)C2(F)CC2)C(C)(C)C)c(OCC(=O)NCCCCCCCCNC(=O)c2ccc3c(c2)[C@H](NC(=O)c2cc(-c4ccc(C(=O)N(C)C)c(O)c4)on2)CC3)c1. The summed E-state index contributed by atoms with van der Waals surface area (Å²) in [6.45, 7) is 7.63. The lowest BCUT2D eigenvalue weighted by molar-refractivity contribution is -0.145. The number of benzene rings is 3. The van der Waals surface area contributed by atoms with Crippen LogP contribution in [0.4, 0.5) is 4.39 Å². The number of aliphatic hydroxyl groups is 1. The summed E-state index contributed by atoms with van der Waals surface area (Å²) < 4.78 is 26.2. The quantitative estimate of drug-likeness (QED) is 0.0327. The second-order valence-corrected chi connectivity index (χ2v) is 23.3. The fourth-order valence-electron chi connectivity index (χ4n) is 10.0. The largest absolute Gasteiger partial charge is 0.507 e. The molecule has 5 aromatic rings. The summed E-state index contributed by atoms with van der Waals surface area (Å²) in [6.07, 6.45) is 5.79. The van der Waals surface area contributed by atoms with E-state index in [-0.39, 0.29) is 85.5 Å². The normalized spacial score (nSPS) is 17.4. The molecular formula is C59H72FN9O11S. The molecule has 4 atom stereocenters. The molecule has 3 aromatic carbocycles. The number of fused-ring (bicyclic) bond motifs is 1. The summed E-state index contributed by atoms with van der Waals surface area (Å²) in [4.78, 5) is 100. The Balaban J connectivity index is 0.738. The summed E-state index contributed by atoms with van der Waals surface area (Å²) in [6, 6.07) is 14.4. The summed E-state index contributed by atoms with van der Waals surface area (Å²) in [5, 5.41) is 39.4. The van der Waals surface area contributed by atoms with Crippen LogP contribution in [-0.4, -0.2) is 136 Å². The van der Waals surface area contributed by atoms with Crippen LogP contribution in [0.5, 0.6) is 11.5 Å². The Morgan fingerprint density at radius 2 is 1.62 bits per heavy atom. The molecule has 81 heavy (non-hydrogen) atoms. The minimum atomic E-state index is -2.00. The van der Waals surface area contributed by atoms with E-state index in [9.17, 15) is 48.2 Å². The van der Waals surface area contributed by atoms with Crippen molar-refractivity contribution in [3.05, 3.63) is 105 Å². The molecule has 22 heteroatoms. The number of aryl methyl sites for hydroxylation is 2. The predicted molar refractivity (Wildman–Crippen MR) is 300 cm³/mol. The number of carbonyl (C=O) groups is 7. The number of thiazole rings is 1. The number of likely N-dealkylation sites (tertiary alicyclic amines) is 1. The first-order chi connectivity index (χ1) is 38.6. The number of amides is 7. The van der Waals surface area contributed by atoms with Crippen molar-refractivity contribution in [1.82, 2.24) is 46.5 Å². The fraction of sp³-hybridized carbons (Fsp3) is 0.475. The Labute approximate surface area is 474 Å². The van der Waals surface area contributed by atoms with Crippen molar-refractivity contribution in [2.75, 3.05) is 40.3 Å². The average molecular weight is 1130 g/mol. The van der Waals surface area contributed by atoms with Crippen LogP contribution in [0.3, 0.4) is 0 Å². The van der Waals surface area contributed by atoms with Gasteiger partial charge in [0.15, 0.2) is 23.7 Å². The lowest BCUT2D eigenvalue weighted by Gasteiger charge is -2.35. The highest BCUT2D eigenvalue weighted by Gasteiger charge is 2.53. The van der Waals surface area contributed by atoms with Crippen molar-refractivity contribution in [3.63, 3.8) is 0 Å². The highest BCUT2D eigenvalue weighted by atomic mass is 32.1. The number of aromatic nitrogens is 2. The highest BCUT2D eigenvalue weighted by Crippen LogP contribution is 2.41. The van der Waals surface area contributed by atoms with Gasteiger partial charge in [-0.3, -0.25) is 33.6 Å². The Hall–Kier alpha value is -7.72. The van der Waals surface area contributed by atoms with Crippen LogP contribution in [0.1, 0.15) is 145 Å². The van der Waals surface area contributed by atoms with Crippen molar-refractivity contribution in [2.24, 2.45) is 5.41 Å². The monoisotopic (exact) mass is 1130 g/mol. The van der Waals surface area contributed by atoms with Crippen molar-refractivity contribution in [1.29, 1.82) is 0 Å². The van der Waals surface area contributed by atoms with Crippen LogP contribution < -0.4 is 31.3 Å². The molecule has 1 saturated heterocycles. The number of hydrogen-bond donors (Lipinski definition) is 7. The zero-order valence-electron chi connectivity index (χ0n) is 46.6. The summed E-state index contributed by atoms with van der Waals surface area (Å²) in [7, 11) is 3.17. The van der Waals surface area contributed by atoms with Gasteiger partial charge in [0.2, 0.25) is 11.8 Å². The lowest BCUT2D eigenvalue weighted by atomic mass is 9.85. The van der Waals surface area contributed by atoms with E-state index in [0.29, 0.717) is 42.0 Å². The van der Waals surface area contributed by atoms with E-state index in [0.717, 1.165) is 72.2 Å². The van der Waals surface area contributed by atoms with Gasteiger partial charge in [-0.15, -0.1) is 11.3 Å². The minimum Gasteiger partial charge on any atom is -0.507 e. The number of phenols is 1. The number of alkyl halides is 1. The number of nitrogens with one attached hydrogen (secondary N) is 5. The van der Waals surface area contributed by atoms with Crippen molar-refractivity contribution < 1.29 is 57.4 Å². The maximum atomic E-state index is 14.7. The molecule has 3 aliphatic rings. The van der Waals surface area contributed by atoms with Gasteiger partial charge in [-0.25, -0.2) is 9.37 Å². The van der Waals surface area contributed by atoms with E-state index in [2.05, 4.69) is 36.7 Å². The molecule has 0 unspecified atom stereocenters. The number of aromatic hydroxyl groups is 1. The Morgan fingerprint density at radius 1 is 0.901 bits per heavy atom. The fourth-order valence-corrected chi connectivity index (χ4v) is 10.8. The number of halogens is 1. The summed E-state index contributed by atoms with van der Waals surface area (Å²) in [5.41, 5.74) is 4.17. The number of hydrogen-bond acceptors (Lipinski definition) is 14. The van der Waals surface area contributed by atoms with Crippen molar-refractivity contribution >= 4 is 52.7 Å². The molecule has 0 bridgehead atoms. The van der Waals surface area contributed by atoms with Crippen LogP contribution in [-0.2, 0) is 32.1 Å². The Morgan fingerprint density at radius 3 is 2.30 bits per heavy atom. The van der Waals surface area contributed by atoms with Gasteiger partial charge in [0.1, 0.15) is 23.6 Å². The molecule has 20 nitrogen and oxygen atoms in total. The van der Waals surface area contributed by atoms with Crippen molar-refractivity contribution in [2.45, 2.75) is 135 Å². The van der Waals surface area contributed by atoms with E-state index in [1.807, 2.05) is 25.1 Å². The maximum absolute atomic E-state index is 14.7. The number of β-amino-alcohol motifs (C(OH)–C–C–N with tert-alkyl or cyclic N) is 1. The van der Waals surface area contributed by atoms with Gasteiger partial charge >= 0.3 is 0 Å². The van der Waals surface area contributed by atoms with Gasteiger partial charge in [0, 0.05) is 69.5 Å². The molecule has 432 valence electrons. The topological polar surface area (TPSA) is 275 Å². The molecule has 1 aliphatic heterocycles. The van der Waals surface area contributed by atoms with Crippen LogP contribution >= 0.6 is 11.3 Å². The van der Waals surface area contributed by atoms with E-state index < -0.39 is 52.9 Å². The van der Waals surface area contributed by atoms with Gasteiger partial charge in [-0.2, -0.15) is 0 Å². The van der Waals surface area contributed by atoms with Crippen molar-refractivity contribution in [3.8, 4) is 33.3 Å². The Kier molecular flexibility index (Phi) is 18.9. The molecule has 2 aromatic heterocycles. The zero-order chi connectivity index (χ0) is 58.2.